The molecule has 1 aliphatic carbocycles. The van der Waals surface area contributed by atoms with Gasteiger partial charge in [-0.1, -0.05) is 18.9 Å². The molecule has 1 aromatic heterocycles. The van der Waals surface area contributed by atoms with Crippen molar-refractivity contribution >= 4 is 11.6 Å². The number of hydrogen-bond donors (Lipinski definition) is 4. The van der Waals surface area contributed by atoms with E-state index >= 15 is 0 Å². The van der Waals surface area contributed by atoms with Gasteiger partial charge < -0.3 is 21.5 Å². The molecule has 1 unspecified atom stereocenters. The van der Waals surface area contributed by atoms with Crippen molar-refractivity contribution in [2.24, 2.45) is 11.7 Å². The van der Waals surface area contributed by atoms with Gasteiger partial charge in [0, 0.05) is 18.9 Å². The normalized spacial score (nSPS) is 23.6. The van der Waals surface area contributed by atoms with E-state index in [1.807, 2.05) is 12.1 Å². The SMILES string of the molecule is NC(CCC1CC1)(c1ccncc1)c1ccc(F)c(NC(=O)[C@H]2C[C@@H](O)CN2)c1. The number of aromatic nitrogens is 1. The lowest BCUT2D eigenvalue weighted by Gasteiger charge is -2.31. The topological polar surface area (TPSA) is 100 Å². The molecule has 1 aromatic carbocycles. The quantitative estimate of drug-likeness (QED) is 0.573. The van der Waals surface area contributed by atoms with Crippen molar-refractivity contribution in [1.82, 2.24) is 10.3 Å². The van der Waals surface area contributed by atoms with Crippen LogP contribution < -0.4 is 16.4 Å². The average molecular weight is 398 g/mol. The Morgan fingerprint density at radius 3 is 2.69 bits per heavy atom. The zero-order valence-electron chi connectivity index (χ0n) is 16.3. The van der Waals surface area contributed by atoms with Gasteiger partial charge in [0.05, 0.1) is 23.4 Å². The Balaban J connectivity index is 1.61. The molecule has 7 heteroatoms. The van der Waals surface area contributed by atoms with Crippen LogP contribution in [0, 0.1) is 11.7 Å². The number of amides is 1. The van der Waals surface area contributed by atoms with Crippen molar-refractivity contribution in [3.8, 4) is 0 Å². The van der Waals surface area contributed by atoms with E-state index in [4.69, 9.17) is 5.73 Å². The lowest BCUT2D eigenvalue weighted by atomic mass is 9.79. The fraction of sp³-hybridized carbons (Fsp3) is 0.455. The second kappa shape index (κ2) is 8.18. The van der Waals surface area contributed by atoms with E-state index in [1.165, 1.54) is 18.9 Å². The van der Waals surface area contributed by atoms with Gasteiger partial charge >= 0.3 is 0 Å². The third-order valence-corrected chi connectivity index (χ3v) is 6.00. The van der Waals surface area contributed by atoms with Gasteiger partial charge in [0.25, 0.3) is 0 Å². The monoisotopic (exact) mass is 398 g/mol. The predicted octanol–water partition coefficient (Wildman–Crippen LogP) is 2.27. The maximum absolute atomic E-state index is 14.5. The molecule has 2 aliphatic rings. The highest BCUT2D eigenvalue weighted by molar-refractivity contribution is 5.95. The van der Waals surface area contributed by atoms with Crippen molar-refractivity contribution in [2.45, 2.75) is 49.8 Å². The third kappa shape index (κ3) is 4.47. The molecule has 3 atom stereocenters. The van der Waals surface area contributed by atoms with Crippen LogP contribution in [0.25, 0.3) is 0 Å². The molecule has 1 amide bonds. The third-order valence-electron chi connectivity index (χ3n) is 6.00. The number of pyridine rings is 1. The number of aliphatic hydroxyl groups is 1. The van der Waals surface area contributed by atoms with Crippen molar-refractivity contribution < 1.29 is 14.3 Å². The molecule has 0 bridgehead atoms. The Hall–Kier alpha value is -2.35. The number of β-amino-alcohol motifs (C(OH)–C–C–N with tert-alkyl or cyclic N) is 1. The first-order valence-corrected chi connectivity index (χ1v) is 10.2. The highest BCUT2D eigenvalue weighted by atomic mass is 19.1. The summed E-state index contributed by atoms with van der Waals surface area (Å²) >= 11 is 0. The molecule has 154 valence electrons. The van der Waals surface area contributed by atoms with Gasteiger partial charge in [0.2, 0.25) is 5.91 Å². The minimum atomic E-state index is -0.791. The Bertz CT molecular complexity index is 874. The maximum atomic E-state index is 14.5. The molecular formula is C22H27FN4O2. The number of halogens is 1. The highest BCUT2D eigenvalue weighted by Crippen LogP contribution is 2.40. The molecule has 2 fully saturated rings. The van der Waals surface area contributed by atoms with Gasteiger partial charge in [-0.05, 0) is 60.6 Å². The van der Waals surface area contributed by atoms with E-state index in [0.717, 1.165) is 24.0 Å². The number of carbonyl (C=O) groups excluding carboxylic acids is 1. The summed E-state index contributed by atoms with van der Waals surface area (Å²) in [7, 11) is 0. The Morgan fingerprint density at radius 2 is 2.03 bits per heavy atom. The van der Waals surface area contributed by atoms with Gasteiger partial charge in [-0.2, -0.15) is 0 Å². The number of rotatable bonds is 7. The van der Waals surface area contributed by atoms with Gasteiger partial charge in [-0.25, -0.2) is 4.39 Å². The van der Waals surface area contributed by atoms with Crippen LogP contribution in [0.2, 0.25) is 0 Å². The molecule has 6 nitrogen and oxygen atoms in total. The van der Waals surface area contributed by atoms with Crippen LogP contribution in [0.4, 0.5) is 10.1 Å². The Kier molecular flexibility index (Phi) is 5.63. The highest BCUT2D eigenvalue weighted by Gasteiger charge is 2.34. The van der Waals surface area contributed by atoms with Gasteiger partial charge in [-0.3, -0.25) is 9.78 Å². The largest absolute Gasteiger partial charge is 0.392 e. The van der Waals surface area contributed by atoms with E-state index in [0.29, 0.717) is 18.9 Å². The maximum Gasteiger partial charge on any atom is 0.241 e. The summed E-state index contributed by atoms with van der Waals surface area (Å²) in [6.07, 6.45) is 7.36. The lowest BCUT2D eigenvalue weighted by Crippen LogP contribution is -2.39. The fourth-order valence-electron chi connectivity index (χ4n) is 3.98. The molecule has 1 saturated carbocycles. The van der Waals surface area contributed by atoms with Crippen molar-refractivity contribution in [3.05, 3.63) is 59.7 Å². The molecule has 29 heavy (non-hydrogen) atoms. The van der Waals surface area contributed by atoms with Crippen LogP contribution in [-0.4, -0.2) is 34.7 Å². The van der Waals surface area contributed by atoms with E-state index in [2.05, 4.69) is 15.6 Å². The predicted molar refractivity (Wildman–Crippen MR) is 109 cm³/mol. The summed E-state index contributed by atoms with van der Waals surface area (Å²) in [6.45, 7) is 0.357. The van der Waals surface area contributed by atoms with Crippen LogP contribution in [0.15, 0.2) is 42.7 Å². The first kappa shape index (κ1) is 19.9. The number of carbonyl (C=O) groups is 1. The second-order valence-electron chi connectivity index (χ2n) is 8.22. The zero-order valence-corrected chi connectivity index (χ0v) is 16.3. The zero-order chi connectivity index (χ0) is 20.4. The van der Waals surface area contributed by atoms with Crippen LogP contribution in [0.5, 0.6) is 0 Å². The fourth-order valence-corrected chi connectivity index (χ4v) is 3.98. The second-order valence-corrected chi connectivity index (χ2v) is 8.22. The number of nitrogens with two attached hydrogens (primary N) is 1. The van der Waals surface area contributed by atoms with Crippen molar-refractivity contribution in [2.75, 3.05) is 11.9 Å². The number of aliphatic hydroxyl groups excluding tert-OH is 1. The molecule has 1 saturated heterocycles. The van der Waals surface area contributed by atoms with Gasteiger partial charge in [0.1, 0.15) is 5.82 Å². The van der Waals surface area contributed by atoms with Gasteiger partial charge in [0.15, 0.2) is 0 Å². The molecule has 1 aliphatic heterocycles. The first-order chi connectivity index (χ1) is 14.0. The van der Waals surface area contributed by atoms with E-state index < -0.39 is 23.5 Å². The summed E-state index contributed by atoms with van der Waals surface area (Å²) in [6, 6.07) is 7.91. The summed E-state index contributed by atoms with van der Waals surface area (Å²) < 4.78 is 14.5. The number of benzene rings is 1. The molecule has 4 rings (SSSR count). The minimum absolute atomic E-state index is 0.103. The standard InChI is InChI=1S/C22H27FN4O2/c23-18-4-3-16(11-19(18)27-21(29)20-12-17(28)13-26-20)22(24,8-5-14-1-2-14)15-6-9-25-10-7-15/h3-4,6-7,9-11,14,17,20,26,28H,1-2,5,8,12-13,24H2,(H,27,29)/t17-,20-,22?/m1/s1. The first-order valence-electron chi connectivity index (χ1n) is 10.2. The summed E-state index contributed by atoms with van der Waals surface area (Å²) in [5, 5.41) is 15.2. The van der Waals surface area contributed by atoms with Gasteiger partial charge in [-0.15, -0.1) is 0 Å². The van der Waals surface area contributed by atoms with E-state index in [1.54, 1.807) is 24.5 Å². The van der Waals surface area contributed by atoms with Crippen LogP contribution in [0.1, 0.15) is 43.2 Å². The van der Waals surface area contributed by atoms with Crippen molar-refractivity contribution in [1.29, 1.82) is 0 Å². The van der Waals surface area contributed by atoms with Crippen LogP contribution in [-0.2, 0) is 10.3 Å². The summed E-state index contributed by atoms with van der Waals surface area (Å²) in [5.41, 5.74) is 7.87. The van der Waals surface area contributed by atoms with E-state index in [-0.39, 0.29) is 11.6 Å². The minimum Gasteiger partial charge on any atom is -0.392 e. The number of hydrogen-bond acceptors (Lipinski definition) is 5. The van der Waals surface area contributed by atoms with Crippen molar-refractivity contribution in [3.63, 3.8) is 0 Å². The van der Waals surface area contributed by atoms with E-state index in [9.17, 15) is 14.3 Å². The smallest absolute Gasteiger partial charge is 0.241 e. The Morgan fingerprint density at radius 1 is 1.28 bits per heavy atom. The average Bonchev–Trinajstić information content (AvgIpc) is 3.46. The molecule has 0 spiro atoms. The number of nitrogens with one attached hydrogen (secondary N) is 2. The lowest BCUT2D eigenvalue weighted by molar-refractivity contribution is -0.118. The Labute approximate surface area is 169 Å². The summed E-state index contributed by atoms with van der Waals surface area (Å²) in [5.74, 6) is -0.165. The van der Waals surface area contributed by atoms with Crippen LogP contribution in [0.3, 0.4) is 0 Å². The number of nitrogens with zero attached hydrogens (tertiary/aromatic N) is 1. The molecule has 2 heterocycles. The summed E-state index contributed by atoms with van der Waals surface area (Å²) in [4.78, 5) is 16.6. The molecule has 2 aromatic rings. The van der Waals surface area contributed by atoms with Crippen LogP contribution >= 0.6 is 0 Å². The molecule has 0 radical (unpaired) electrons. The molecule has 5 N–H and O–H groups in total. The molecular weight excluding hydrogens is 371 g/mol. The number of anilines is 1.